The van der Waals surface area contributed by atoms with E-state index in [4.69, 9.17) is 28.9 Å². The lowest BCUT2D eigenvalue weighted by Gasteiger charge is -2.22. The first kappa shape index (κ1) is 18.6. The summed E-state index contributed by atoms with van der Waals surface area (Å²) in [5.41, 5.74) is 6.81. The van der Waals surface area contributed by atoms with E-state index < -0.39 is 0 Å². The van der Waals surface area contributed by atoms with Crippen molar-refractivity contribution in [2.24, 2.45) is 11.7 Å². The first-order valence-corrected chi connectivity index (χ1v) is 7.67. The van der Waals surface area contributed by atoms with Crippen LogP contribution < -0.4 is 5.73 Å². The predicted molar refractivity (Wildman–Crippen MR) is 90.1 cm³/mol. The second-order valence-electron chi connectivity index (χ2n) is 5.51. The van der Waals surface area contributed by atoms with E-state index in [1.165, 1.54) is 0 Å². The zero-order valence-electron chi connectivity index (χ0n) is 12.0. The zero-order chi connectivity index (χ0) is 14.7. The molecule has 2 rings (SSSR count). The molecule has 0 radical (unpaired) electrons. The van der Waals surface area contributed by atoms with Gasteiger partial charge in [-0.1, -0.05) is 35.7 Å². The molecule has 0 spiro atoms. The molecule has 0 aliphatic heterocycles. The summed E-state index contributed by atoms with van der Waals surface area (Å²) in [4.78, 5) is 13.9. The zero-order valence-corrected chi connectivity index (χ0v) is 14.3. The Morgan fingerprint density at radius 1 is 1.33 bits per heavy atom. The van der Waals surface area contributed by atoms with Gasteiger partial charge in [0.15, 0.2) is 0 Å². The molecule has 0 unspecified atom stereocenters. The van der Waals surface area contributed by atoms with Gasteiger partial charge in [0.1, 0.15) is 0 Å². The molecule has 1 fully saturated rings. The molecule has 1 amide bonds. The summed E-state index contributed by atoms with van der Waals surface area (Å²) in [6.07, 6.45) is 3.71. The van der Waals surface area contributed by atoms with Crippen LogP contribution in [0.15, 0.2) is 18.2 Å². The Balaban J connectivity index is 0.00000220. The van der Waals surface area contributed by atoms with Crippen LogP contribution in [-0.2, 0) is 11.3 Å². The molecule has 1 aromatic carbocycles. The molecule has 118 valence electrons. The number of amides is 1. The van der Waals surface area contributed by atoms with Crippen LogP contribution in [0.5, 0.6) is 0 Å². The maximum atomic E-state index is 12.3. The molecule has 21 heavy (non-hydrogen) atoms. The maximum Gasteiger partial charge on any atom is 0.222 e. The molecule has 1 saturated carbocycles. The fourth-order valence-corrected chi connectivity index (χ4v) is 3.22. The largest absolute Gasteiger partial charge is 0.341 e. The number of rotatable bonds is 4. The maximum absolute atomic E-state index is 12.3. The average molecular weight is 352 g/mol. The Labute approximate surface area is 142 Å². The van der Waals surface area contributed by atoms with Crippen LogP contribution in [0.2, 0.25) is 10.0 Å². The van der Waals surface area contributed by atoms with Crippen LogP contribution in [0.4, 0.5) is 0 Å². The van der Waals surface area contributed by atoms with Crippen molar-refractivity contribution in [3.63, 3.8) is 0 Å². The van der Waals surface area contributed by atoms with Crippen LogP contribution in [-0.4, -0.2) is 23.9 Å². The molecule has 0 bridgehead atoms. The van der Waals surface area contributed by atoms with E-state index in [1.807, 2.05) is 0 Å². The summed E-state index contributed by atoms with van der Waals surface area (Å²) in [5.74, 6) is 0.412. The predicted octanol–water partition coefficient (Wildman–Crippen LogP) is 3.89. The topological polar surface area (TPSA) is 46.3 Å². The normalized spacial score (nSPS) is 21.0. The number of hydrogen-bond acceptors (Lipinski definition) is 2. The van der Waals surface area contributed by atoms with Gasteiger partial charge in [-0.3, -0.25) is 4.79 Å². The highest BCUT2D eigenvalue weighted by atomic mass is 35.5. The van der Waals surface area contributed by atoms with Crippen molar-refractivity contribution in [2.75, 3.05) is 7.05 Å². The molecule has 1 aliphatic rings. The first-order chi connectivity index (χ1) is 9.49. The van der Waals surface area contributed by atoms with Crippen LogP contribution in [0.25, 0.3) is 0 Å². The highest BCUT2D eigenvalue weighted by Crippen LogP contribution is 2.29. The molecule has 0 saturated heterocycles. The molecule has 1 aliphatic carbocycles. The van der Waals surface area contributed by atoms with Gasteiger partial charge in [0.05, 0.1) is 0 Å². The molecule has 0 aromatic heterocycles. The third-order valence-corrected chi connectivity index (χ3v) is 4.75. The second kappa shape index (κ2) is 8.23. The van der Waals surface area contributed by atoms with Crippen molar-refractivity contribution < 1.29 is 4.79 Å². The summed E-state index contributed by atoms with van der Waals surface area (Å²) in [5, 5.41) is 1.18. The van der Waals surface area contributed by atoms with Crippen LogP contribution in [0.1, 0.15) is 31.2 Å². The Bertz CT molecular complexity index is 476. The number of benzene rings is 1. The third kappa shape index (κ3) is 4.75. The molecular formula is C15H21Cl3N2O. The highest BCUT2D eigenvalue weighted by molar-refractivity contribution is 6.36. The van der Waals surface area contributed by atoms with Crippen molar-refractivity contribution in [3.05, 3.63) is 33.8 Å². The van der Waals surface area contributed by atoms with Crippen molar-refractivity contribution in [3.8, 4) is 0 Å². The SMILES string of the molecule is CN(Cc1c(Cl)cccc1Cl)C(=O)C[C@@H]1CCC[C@H]1N.Cl. The number of nitrogens with zero attached hydrogens (tertiary/aromatic N) is 1. The van der Waals surface area contributed by atoms with Crippen LogP contribution in [0.3, 0.4) is 0 Å². The van der Waals surface area contributed by atoms with Gasteiger partial charge in [-0.15, -0.1) is 12.4 Å². The van der Waals surface area contributed by atoms with E-state index >= 15 is 0 Å². The summed E-state index contributed by atoms with van der Waals surface area (Å²) < 4.78 is 0. The average Bonchev–Trinajstić information content (AvgIpc) is 2.79. The quantitative estimate of drug-likeness (QED) is 0.894. The highest BCUT2D eigenvalue weighted by Gasteiger charge is 2.27. The smallest absolute Gasteiger partial charge is 0.222 e. The van der Waals surface area contributed by atoms with Crippen molar-refractivity contribution in [1.29, 1.82) is 0 Å². The Morgan fingerprint density at radius 3 is 2.48 bits per heavy atom. The van der Waals surface area contributed by atoms with Gasteiger partial charge in [-0.2, -0.15) is 0 Å². The number of carbonyl (C=O) groups is 1. The Morgan fingerprint density at radius 2 is 1.95 bits per heavy atom. The van der Waals surface area contributed by atoms with Gasteiger partial charge in [0, 0.05) is 41.7 Å². The van der Waals surface area contributed by atoms with E-state index in [0.29, 0.717) is 28.9 Å². The second-order valence-corrected chi connectivity index (χ2v) is 6.32. The molecule has 6 heteroatoms. The van der Waals surface area contributed by atoms with Gasteiger partial charge in [-0.25, -0.2) is 0 Å². The summed E-state index contributed by atoms with van der Waals surface area (Å²) in [6.45, 7) is 0.430. The van der Waals surface area contributed by atoms with Crippen molar-refractivity contribution in [1.82, 2.24) is 4.90 Å². The lowest BCUT2D eigenvalue weighted by atomic mass is 9.99. The van der Waals surface area contributed by atoms with Crippen molar-refractivity contribution in [2.45, 2.75) is 38.3 Å². The summed E-state index contributed by atoms with van der Waals surface area (Å²) in [7, 11) is 1.78. The first-order valence-electron chi connectivity index (χ1n) is 6.91. The van der Waals surface area contributed by atoms with E-state index in [1.54, 1.807) is 30.1 Å². The minimum atomic E-state index is 0. The molecule has 0 heterocycles. The Hall–Kier alpha value is -0.480. The van der Waals surface area contributed by atoms with Gasteiger partial charge in [0.25, 0.3) is 0 Å². The molecule has 2 atom stereocenters. The van der Waals surface area contributed by atoms with Crippen LogP contribution in [0, 0.1) is 5.92 Å². The van der Waals surface area contributed by atoms with Gasteiger partial charge < -0.3 is 10.6 Å². The summed E-state index contributed by atoms with van der Waals surface area (Å²) in [6, 6.07) is 5.53. The lowest BCUT2D eigenvalue weighted by Crippen LogP contribution is -2.32. The van der Waals surface area contributed by atoms with E-state index in [2.05, 4.69) is 0 Å². The van der Waals surface area contributed by atoms with Crippen LogP contribution >= 0.6 is 35.6 Å². The fourth-order valence-electron chi connectivity index (χ4n) is 2.71. The molecular weight excluding hydrogens is 331 g/mol. The molecule has 3 nitrogen and oxygen atoms in total. The molecule has 1 aromatic rings. The van der Waals surface area contributed by atoms with E-state index in [0.717, 1.165) is 24.8 Å². The van der Waals surface area contributed by atoms with Crippen molar-refractivity contribution >= 4 is 41.5 Å². The minimum absolute atomic E-state index is 0. The van der Waals surface area contributed by atoms with Gasteiger partial charge >= 0.3 is 0 Å². The van der Waals surface area contributed by atoms with Gasteiger partial charge in [0.2, 0.25) is 5.91 Å². The standard InChI is InChI=1S/C15H20Cl2N2O.ClH/c1-19(9-11-12(16)5-3-6-13(11)17)15(20)8-10-4-2-7-14(10)18;/h3,5-6,10,14H,2,4,7-9,18H2,1H3;1H/t10-,14+;/m0./s1. The number of nitrogens with two attached hydrogens (primary N) is 1. The van der Waals surface area contributed by atoms with E-state index in [9.17, 15) is 4.79 Å². The third-order valence-electron chi connectivity index (χ3n) is 4.04. The number of hydrogen-bond donors (Lipinski definition) is 1. The summed E-state index contributed by atoms with van der Waals surface area (Å²) >= 11 is 12.3. The Kier molecular flexibility index (Phi) is 7.28. The fraction of sp³-hybridized carbons (Fsp3) is 0.533. The van der Waals surface area contributed by atoms with Gasteiger partial charge in [-0.05, 0) is 30.9 Å². The number of halogens is 3. The number of carbonyl (C=O) groups excluding carboxylic acids is 1. The lowest BCUT2D eigenvalue weighted by molar-refractivity contribution is -0.131. The monoisotopic (exact) mass is 350 g/mol. The minimum Gasteiger partial charge on any atom is -0.341 e. The van der Waals surface area contributed by atoms with E-state index in [-0.39, 0.29) is 24.4 Å². The molecule has 2 N–H and O–H groups in total.